The van der Waals surface area contributed by atoms with Crippen LogP contribution in [0.3, 0.4) is 0 Å². The zero-order chi connectivity index (χ0) is 14.8. The minimum atomic E-state index is -0.220. The summed E-state index contributed by atoms with van der Waals surface area (Å²) in [5, 5.41) is 9.12. The van der Waals surface area contributed by atoms with E-state index in [0.29, 0.717) is 37.4 Å². The quantitative estimate of drug-likeness (QED) is 0.789. The maximum absolute atomic E-state index is 12.2. The summed E-state index contributed by atoms with van der Waals surface area (Å²) in [4.78, 5) is 27.8. The molecule has 1 N–H and O–H groups in total. The zero-order valence-corrected chi connectivity index (χ0v) is 11.7. The lowest BCUT2D eigenvalue weighted by Gasteiger charge is -2.32. The minimum absolute atomic E-state index is 0.0104. The summed E-state index contributed by atoms with van der Waals surface area (Å²) < 4.78 is 5.38. The van der Waals surface area contributed by atoms with Crippen LogP contribution in [0.4, 0.5) is 0 Å². The lowest BCUT2D eigenvalue weighted by molar-refractivity contribution is -0.0533. The van der Waals surface area contributed by atoms with Crippen LogP contribution >= 0.6 is 0 Å². The molecule has 2 aliphatic rings. The predicted octanol–water partition coefficient (Wildman–Crippen LogP) is -0.0243. The van der Waals surface area contributed by atoms with Gasteiger partial charge in [0.2, 0.25) is 0 Å². The number of morpholine rings is 1. The predicted molar refractivity (Wildman–Crippen MR) is 75.1 cm³/mol. The normalized spacial score (nSPS) is 22.7. The molecule has 1 unspecified atom stereocenters. The molecule has 1 atom stereocenters. The molecule has 6 heteroatoms. The van der Waals surface area contributed by atoms with Gasteiger partial charge in [0.25, 0.3) is 11.8 Å². The second kappa shape index (κ2) is 5.93. The van der Waals surface area contributed by atoms with E-state index in [0.717, 1.165) is 6.54 Å². The number of fused-ring (bicyclic) bond motifs is 1. The van der Waals surface area contributed by atoms with Crippen LogP contribution in [0.1, 0.15) is 20.7 Å². The first-order valence-electron chi connectivity index (χ1n) is 7.10. The molecular formula is C15H18N2O4. The van der Waals surface area contributed by atoms with Crippen LogP contribution in [0.2, 0.25) is 0 Å². The summed E-state index contributed by atoms with van der Waals surface area (Å²) in [6, 6.07) is 6.90. The van der Waals surface area contributed by atoms with Gasteiger partial charge in [0, 0.05) is 26.2 Å². The third kappa shape index (κ3) is 2.70. The van der Waals surface area contributed by atoms with Gasteiger partial charge in [-0.2, -0.15) is 0 Å². The third-order valence-electron chi connectivity index (χ3n) is 3.94. The molecule has 1 aromatic rings. The van der Waals surface area contributed by atoms with Gasteiger partial charge in [-0.1, -0.05) is 12.1 Å². The fourth-order valence-electron chi connectivity index (χ4n) is 2.78. The van der Waals surface area contributed by atoms with Crippen molar-refractivity contribution in [2.24, 2.45) is 0 Å². The zero-order valence-electron chi connectivity index (χ0n) is 11.7. The van der Waals surface area contributed by atoms with Crippen molar-refractivity contribution in [1.29, 1.82) is 0 Å². The van der Waals surface area contributed by atoms with E-state index in [1.165, 1.54) is 4.90 Å². The van der Waals surface area contributed by atoms with Crippen LogP contribution in [0, 0.1) is 0 Å². The van der Waals surface area contributed by atoms with Crippen LogP contribution in [-0.2, 0) is 4.74 Å². The summed E-state index contributed by atoms with van der Waals surface area (Å²) in [6.45, 7) is 2.89. The van der Waals surface area contributed by atoms with Gasteiger partial charge in [0.05, 0.1) is 30.4 Å². The molecule has 1 saturated heterocycles. The molecule has 0 radical (unpaired) electrons. The molecule has 3 rings (SSSR count). The number of carbonyl (C=O) groups excluding carboxylic acids is 2. The number of amides is 2. The Morgan fingerprint density at radius 2 is 1.81 bits per heavy atom. The maximum Gasteiger partial charge on any atom is 0.261 e. The van der Waals surface area contributed by atoms with Crippen LogP contribution in [-0.4, -0.2) is 72.2 Å². The Hall–Kier alpha value is -1.76. The van der Waals surface area contributed by atoms with Gasteiger partial charge in [0.1, 0.15) is 0 Å². The van der Waals surface area contributed by atoms with E-state index in [-0.39, 0.29) is 24.5 Å². The number of ether oxygens (including phenoxy) is 1. The SMILES string of the molecule is O=C1c2ccccc2C(=O)N1CCN1CCOC(CO)C1. The first-order valence-corrected chi connectivity index (χ1v) is 7.10. The molecule has 2 aliphatic heterocycles. The molecular weight excluding hydrogens is 272 g/mol. The highest BCUT2D eigenvalue weighted by Crippen LogP contribution is 2.22. The van der Waals surface area contributed by atoms with Gasteiger partial charge in [0.15, 0.2) is 0 Å². The number of nitrogens with zero attached hydrogens (tertiary/aromatic N) is 2. The van der Waals surface area contributed by atoms with Crippen molar-refractivity contribution in [1.82, 2.24) is 9.80 Å². The Balaban J connectivity index is 1.62. The highest BCUT2D eigenvalue weighted by atomic mass is 16.5. The maximum atomic E-state index is 12.2. The summed E-state index contributed by atoms with van der Waals surface area (Å²) in [7, 11) is 0. The van der Waals surface area contributed by atoms with Crippen molar-refractivity contribution >= 4 is 11.8 Å². The summed E-state index contributed by atoms with van der Waals surface area (Å²) >= 11 is 0. The first-order chi connectivity index (χ1) is 10.2. The van der Waals surface area contributed by atoms with Gasteiger partial charge < -0.3 is 9.84 Å². The van der Waals surface area contributed by atoms with Gasteiger partial charge in [-0.05, 0) is 12.1 Å². The number of aliphatic hydroxyl groups is 1. The molecule has 1 fully saturated rings. The number of hydrogen-bond acceptors (Lipinski definition) is 5. The topological polar surface area (TPSA) is 70.1 Å². The molecule has 2 amide bonds. The smallest absolute Gasteiger partial charge is 0.261 e. The van der Waals surface area contributed by atoms with E-state index in [1.807, 2.05) is 0 Å². The standard InChI is InChI=1S/C15H18N2O4/c18-10-11-9-16(7-8-21-11)5-6-17-14(19)12-3-1-2-4-13(12)15(17)20/h1-4,11,18H,5-10H2. The highest BCUT2D eigenvalue weighted by molar-refractivity contribution is 6.21. The number of rotatable bonds is 4. The van der Waals surface area contributed by atoms with E-state index >= 15 is 0 Å². The Bertz CT molecular complexity index is 525. The van der Waals surface area contributed by atoms with Gasteiger partial charge in [-0.15, -0.1) is 0 Å². The van der Waals surface area contributed by atoms with Crippen molar-refractivity contribution in [3.63, 3.8) is 0 Å². The molecule has 0 saturated carbocycles. The second-order valence-electron chi connectivity index (χ2n) is 5.28. The number of aliphatic hydroxyl groups excluding tert-OH is 1. The van der Waals surface area contributed by atoms with Crippen molar-refractivity contribution in [2.75, 3.05) is 39.4 Å². The lowest BCUT2D eigenvalue weighted by atomic mass is 10.1. The van der Waals surface area contributed by atoms with E-state index in [4.69, 9.17) is 9.84 Å². The molecule has 112 valence electrons. The Kier molecular flexibility index (Phi) is 4.01. The molecule has 0 aliphatic carbocycles. The van der Waals surface area contributed by atoms with Crippen molar-refractivity contribution in [2.45, 2.75) is 6.10 Å². The number of carbonyl (C=O) groups is 2. The summed E-state index contributed by atoms with van der Waals surface area (Å²) in [5.41, 5.74) is 0.968. The van der Waals surface area contributed by atoms with Crippen molar-refractivity contribution < 1.29 is 19.4 Å². The molecule has 1 aromatic carbocycles. The van der Waals surface area contributed by atoms with Crippen molar-refractivity contribution in [3.8, 4) is 0 Å². The molecule has 0 bridgehead atoms. The first kappa shape index (κ1) is 14.2. The number of benzene rings is 1. The Labute approximate surface area is 122 Å². The van der Waals surface area contributed by atoms with Crippen LogP contribution in [0.15, 0.2) is 24.3 Å². The molecule has 0 aromatic heterocycles. The molecule has 0 spiro atoms. The fraction of sp³-hybridized carbons (Fsp3) is 0.467. The minimum Gasteiger partial charge on any atom is -0.394 e. The number of hydrogen-bond donors (Lipinski definition) is 1. The summed E-state index contributed by atoms with van der Waals surface area (Å²) in [6.07, 6.45) is -0.180. The van der Waals surface area contributed by atoms with E-state index in [9.17, 15) is 9.59 Å². The van der Waals surface area contributed by atoms with E-state index in [2.05, 4.69) is 4.90 Å². The van der Waals surface area contributed by atoms with Gasteiger partial charge in [-0.3, -0.25) is 19.4 Å². The molecule has 2 heterocycles. The Morgan fingerprint density at radius 3 is 2.43 bits per heavy atom. The largest absolute Gasteiger partial charge is 0.394 e. The average molecular weight is 290 g/mol. The second-order valence-corrected chi connectivity index (χ2v) is 5.28. The molecule has 21 heavy (non-hydrogen) atoms. The van der Waals surface area contributed by atoms with Crippen molar-refractivity contribution in [3.05, 3.63) is 35.4 Å². The summed E-state index contributed by atoms with van der Waals surface area (Å²) in [5.74, 6) is -0.440. The monoisotopic (exact) mass is 290 g/mol. The number of imide groups is 1. The van der Waals surface area contributed by atoms with Gasteiger partial charge >= 0.3 is 0 Å². The van der Waals surface area contributed by atoms with E-state index < -0.39 is 0 Å². The van der Waals surface area contributed by atoms with E-state index in [1.54, 1.807) is 24.3 Å². The third-order valence-corrected chi connectivity index (χ3v) is 3.94. The molecule has 6 nitrogen and oxygen atoms in total. The highest BCUT2D eigenvalue weighted by Gasteiger charge is 2.35. The lowest BCUT2D eigenvalue weighted by Crippen LogP contribution is -2.47. The van der Waals surface area contributed by atoms with Gasteiger partial charge in [-0.25, -0.2) is 0 Å². The van der Waals surface area contributed by atoms with Crippen LogP contribution < -0.4 is 0 Å². The van der Waals surface area contributed by atoms with Crippen LogP contribution in [0.5, 0.6) is 0 Å². The average Bonchev–Trinajstić information content (AvgIpc) is 2.78. The Morgan fingerprint density at radius 1 is 1.14 bits per heavy atom. The van der Waals surface area contributed by atoms with Crippen LogP contribution in [0.25, 0.3) is 0 Å². The fourth-order valence-corrected chi connectivity index (χ4v) is 2.78.